The zero-order valence-corrected chi connectivity index (χ0v) is 14.3. The topological polar surface area (TPSA) is 107 Å². The van der Waals surface area contributed by atoms with Gasteiger partial charge in [-0.1, -0.05) is 36.0 Å². The third-order valence-corrected chi connectivity index (χ3v) is 5.04. The van der Waals surface area contributed by atoms with E-state index in [4.69, 9.17) is 11.5 Å². The number of aromatic nitrogens is 2. The Morgan fingerprint density at radius 3 is 2.75 bits per heavy atom. The van der Waals surface area contributed by atoms with E-state index >= 15 is 0 Å². The van der Waals surface area contributed by atoms with Crippen LogP contribution >= 0.6 is 11.8 Å². The molecule has 1 aliphatic carbocycles. The Morgan fingerprint density at radius 1 is 1.29 bits per heavy atom. The Bertz CT molecular complexity index is 731. The Hall–Kier alpha value is -2.28. The highest BCUT2D eigenvalue weighted by atomic mass is 32.2. The molecule has 2 aromatic rings. The number of aryl methyl sites for hydroxylation is 1. The number of carbonyl (C=O) groups excluding carboxylic acids is 1. The quantitative estimate of drug-likeness (QED) is 0.581. The molecule has 7 heteroatoms. The van der Waals surface area contributed by atoms with Gasteiger partial charge in [0.2, 0.25) is 5.91 Å². The summed E-state index contributed by atoms with van der Waals surface area (Å²) in [5.74, 6) is 0.573. The van der Waals surface area contributed by atoms with Gasteiger partial charge in [-0.25, -0.2) is 9.97 Å². The van der Waals surface area contributed by atoms with Crippen molar-refractivity contribution in [3.05, 3.63) is 41.5 Å². The molecule has 1 amide bonds. The number of hydrogen-bond donors (Lipinski definition) is 3. The summed E-state index contributed by atoms with van der Waals surface area (Å²) in [5.41, 5.74) is 13.9. The summed E-state index contributed by atoms with van der Waals surface area (Å²) in [6.07, 6.45) is 3.11. The standard InChI is InChI=1S/C17H21N5OS/c1-10(24-17-21-14(18)9-15(19)22-17)16(23)20-13-8-4-6-11-5-2-3-7-12(11)13/h2-3,5,7,9-10,13H,4,6,8H2,1H3,(H,20,23)(H4,18,19,21,22)/t10-,13-/m0/s1. The summed E-state index contributed by atoms with van der Waals surface area (Å²) in [4.78, 5) is 20.8. The van der Waals surface area contributed by atoms with Crippen LogP contribution in [0.25, 0.3) is 0 Å². The van der Waals surface area contributed by atoms with Gasteiger partial charge in [0, 0.05) is 6.07 Å². The zero-order valence-electron chi connectivity index (χ0n) is 13.5. The fourth-order valence-electron chi connectivity index (χ4n) is 2.92. The largest absolute Gasteiger partial charge is 0.383 e. The number of nitrogens with two attached hydrogens (primary N) is 2. The van der Waals surface area contributed by atoms with Crippen molar-refractivity contribution < 1.29 is 4.79 Å². The summed E-state index contributed by atoms with van der Waals surface area (Å²) in [6.45, 7) is 1.83. The molecule has 2 atom stereocenters. The van der Waals surface area contributed by atoms with Gasteiger partial charge in [0.15, 0.2) is 5.16 Å². The van der Waals surface area contributed by atoms with E-state index in [-0.39, 0.29) is 17.2 Å². The van der Waals surface area contributed by atoms with Gasteiger partial charge in [-0.3, -0.25) is 4.79 Å². The van der Waals surface area contributed by atoms with Crippen molar-refractivity contribution in [2.75, 3.05) is 11.5 Å². The second kappa shape index (κ2) is 7.09. The lowest BCUT2D eigenvalue weighted by atomic mass is 9.88. The molecule has 0 fully saturated rings. The first-order valence-corrected chi connectivity index (χ1v) is 8.86. The van der Waals surface area contributed by atoms with Gasteiger partial charge in [0.05, 0.1) is 11.3 Å². The number of nitrogens with one attached hydrogen (secondary N) is 1. The summed E-state index contributed by atoms with van der Waals surface area (Å²) < 4.78 is 0. The van der Waals surface area contributed by atoms with E-state index in [9.17, 15) is 4.79 Å². The maximum atomic E-state index is 12.5. The number of nitrogens with zero attached hydrogens (tertiary/aromatic N) is 2. The van der Waals surface area contributed by atoms with Gasteiger partial charge in [-0.05, 0) is 37.3 Å². The molecular weight excluding hydrogens is 322 g/mol. The summed E-state index contributed by atoms with van der Waals surface area (Å²) in [5, 5.41) is 3.23. The van der Waals surface area contributed by atoms with Gasteiger partial charge in [-0.2, -0.15) is 0 Å². The van der Waals surface area contributed by atoms with Crippen molar-refractivity contribution in [1.82, 2.24) is 15.3 Å². The highest BCUT2D eigenvalue weighted by Crippen LogP contribution is 2.30. The predicted molar refractivity (Wildman–Crippen MR) is 96.4 cm³/mol. The first-order valence-electron chi connectivity index (χ1n) is 7.98. The molecule has 6 nitrogen and oxygen atoms in total. The molecule has 0 spiro atoms. The minimum atomic E-state index is -0.333. The molecule has 5 N–H and O–H groups in total. The number of thioether (sulfide) groups is 1. The maximum Gasteiger partial charge on any atom is 0.233 e. The van der Waals surface area contributed by atoms with E-state index in [0.29, 0.717) is 16.8 Å². The molecule has 3 rings (SSSR count). The first-order chi connectivity index (χ1) is 11.5. The van der Waals surface area contributed by atoms with Gasteiger partial charge in [-0.15, -0.1) is 0 Å². The average molecular weight is 343 g/mol. The molecule has 1 aliphatic rings. The van der Waals surface area contributed by atoms with Gasteiger partial charge in [0.1, 0.15) is 11.6 Å². The third kappa shape index (κ3) is 3.79. The van der Waals surface area contributed by atoms with Crippen molar-refractivity contribution in [1.29, 1.82) is 0 Å². The molecule has 0 unspecified atom stereocenters. The van der Waals surface area contributed by atoms with Crippen molar-refractivity contribution in [2.24, 2.45) is 0 Å². The minimum Gasteiger partial charge on any atom is -0.383 e. The van der Waals surface area contributed by atoms with Crippen LogP contribution in [0.3, 0.4) is 0 Å². The van der Waals surface area contributed by atoms with Gasteiger partial charge in [0.25, 0.3) is 0 Å². The minimum absolute atomic E-state index is 0.0358. The van der Waals surface area contributed by atoms with Crippen LogP contribution in [0.1, 0.15) is 36.9 Å². The number of rotatable bonds is 4. The third-order valence-electron chi connectivity index (χ3n) is 4.08. The fraction of sp³-hybridized carbons (Fsp3) is 0.353. The zero-order chi connectivity index (χ0) is 17.1. The molecule has 0 aliphatic heterocycles. The molecule has 24 heavy (non-hydrogen) atoms. The van der Waals surface area contributed by atoms with Crippen LogP contribution in [-0.4, -0.2) is 21.1 Å². The number of anilines is 2. The Labute approximate surface area is 145 Å². The smallest absolute Gasteiger partial charge is 0.233 e. The highest BCUT2D eigenvalue weighted by molar-refractivity contribution is 8.00. The van der Waals surface area contributed by atoms with Crippen LogP contribution in [0.5, 0.6) is 0 Å². The van der Waals surface area contributed by atoms with E-state index in [1.165, 1.54) is 29.0 Å². The normalized spacial score (nSPS) is 17.8. The predicted octanol–water partition coefficient (Wildman–Crippen LogP) is 2.32. The van der Waals surface area contributed by atoms with Crippen molar-refractivity contribution in [3.63, 3.8) is 0 Å². The average Bonchev–Trinajstić information content (AvgIpc) is 2.54. The summed E-state index contributed by atoms with van der Waals surface area (Å²) in [6, 6.07) is 9.85. The van der Waals surface area contributed by atoms with E-state index in [1.54, 1.807) is 0 Å². The Balaban J connectivity index is 1.67. The van der Waals surface area contributed by atoms with Crippen LogP contribution in [0.4, 0.5) is 11.6 Å². The number of hydrogen-bond acceptors (Lipinski definition) is 6. The second-order valence-electron chi connectivity index (χ2n) is 5.91. The van der Waals surface area contributed by atoms with E-state index in [1.807, 2.05) is 19.1 Å². The number of fused-ring (bicyclic) bond motifs is 1. The first kappa shape index (κ1) is 16.6. The molecule has 0 radical (unpaired) electrons. The monoisotopic (exact) mass is 343 g/mol. The van der Waals surface area contributed by atoms with Crippen LogP contribution in [0.15, 0.2) is 35.5 Å². The fourth-order valence-corrected chi connectivity index (χ4v) is 3.73. The lowest BCUT2D eigenvalue weighted by Gasteiger charge is -2.27. The van der Waals surface area contributed by atoms with Crippen molar-refractivity contribution in [2.45, 2.75) is 42.6 Å². The molecule has 0 bridgehead atoms. The number of nitrogen functional groups attached to an aromatic ring is 2. The molecule has 126 valence electrons. The van der Waals surface area contributed by atoms with Crippen LogP contribution in [-0.2, 0) is 11.2 Å². The molecule has 0 saturated heterocycles. The second-order valence-corrected chi connectivity index (χ2v) is 7.22. The maximum absolute atomic E-state index is 12.5. The SMILES string of the molecule is C[C@H](Sc1nc(N)cc(N)n1)C(=O)N[C@H]1CCCc2ccccc21. The lowest BCUT2D eigenvalue weighted by Crippen LogP contribution is -2.36. The van der Waals surface area contributed by atoms with Gasteiger partial charge < -0.3 is 16.8 Å². The van der Waals surface area contributed by atoms with Crippen molar-refractivity contribution in [3.8, 4) is 0 Å². The van der Waals surface area contributed by atoms with Crippen LogP contribution < -0.4 is 16.8 Å². The van der Waals surface area contributed by atoms with E-state index in [0.717, 1.165) is 19.3 Å². The van der Waals surface area contributed by atoms with Gasteiger partial charge >= 0.3 is 0 Å². The molecule has 1 heterocycles. The molecule has 1 aromatic heterocycles. The highest BCUT2D eigenvalue weighted by Gasteiger charge is 2.24. The molecular formula is C17H21N5OS. The summed E-state index contributed by atoms with van der Waals surface area (Å²) >= 11 is 1.26. The Kier molecular flexibility index (Phi) is 4.89. The Morgan fingerprint density at radius 2 is 2.00 bits per heavy atom. The van der Waals surface area contributed by atoms with E-state index in [2.05, 4.69) is 27.4 Å². The number of benzene rings is 1. The molecule has 0 saturated carbocycles. The number of carbonyl (C=O) groups is 1. The molecule has 1 aromatic carbocycles. The lowest BCUT2D eigenvalue weighted by molar-refractivity contribution is -0.121. The summed E-state index contributed by atoms with van der Waals surface area (Å²) in [7, 11) is 0. The van der Waals surface area contributed by atoms with Crippen molar-refractivity contribution >= 4 is 29.3 Å². The van der Waals surface area contributed by atoms with Crippen LogP contribution in [0, 0.1) is 0 Å². The van der Waals surface area contributed by atoms with E-state index < -0.39 is 0 Å². The number of amides is 1. The van der Waals surface area contributed by atoms with Crippen LogP contribution in [0.2, 0.25) is 0 Å².